The lowest BCUT2D eigenvalue weighted by molar-refractivity contribution is -0.120. The van der Waals surface area contributed by atoms with Gasteiger partial charge < -0.3 is 16.2 Å². The summed E-state index contributed by atoms with van der Waals surface area (Å²) in [4.78, 5) is 12.3. The van der Waals surface area contributed by atoms with E-state index in [2.05, 4.69) is 12.2 Å². The van der Waals surface area contributed by atoms with Crippen molar-refractivity contribution in [2.45, 2.75) is 52.9 Å². The fraction of sp³-hybridized carbons (Fsp3) is 0.409. The van der Waals surface area contributed by atoms with E-state index in [1.54, 1.807) is 43.4 Å². The molecule has 1 amide bonds. The van der Waals surface area contributed by atoms with Crippen LogP contribution in [-0.4, -0.2) is 22.4 Å². The molecular weight excluding hydrogens is 352 g/mol. The van der Waals surface area contributed by atoms with Crippen LogP contribution in [-0.2, 0) is 4.79 Å². The number of unbranched alkanes of at least 4 members (excludes halogenated alkanes) is 2. The van der Waals surface area contributed by atoms with E-state index in [1.807, 2.05) is 6.92 Å². The Labute approximate surface area is 167 Å². The molecule has 0 heterocycles. The lowest BCUT2D eigenvalue weighted by Gasteiger charge is -2.17. The van der Waals surface area contributed by atoms with E-state index in [1.165, 1.54) is 0 Å². The third-order valence-corrected chi connectivity index (χ3v) is 4.67. The first-order valence-corrected chi connectivity index (χ1v) is 9.72. The number of nitrogen functional groups attached to an aromatic ring is 1. The Morgan fingerprint density at radius 2 is 1.75 bits per heavy atom. The fourth-order valence-corrected chi connectivity index (χ4v) is 2.74. The van der Waals surface area contributed by atoms with Crippen molar-refractivity contribution < 1.29 is 9.90 Å². The SMILES string of the molecule is CCCCCC(CC)C(=O)Nc1ccc(N)c(O)c1C.N=C1C=CC=CC1=N. The number of phenols is 1. The Hall–Kier alpha value is -2.89. The highest BCUT2D eigenvalue weighted by Gasteiger charge is 2.17. The Bertz CT molecular complexity index is 744. The van der Waals surface area contributed by atoms with Gasteiger partial charge in [-0.25, -0.2) is 0 Å². The van der Waals surface area contributed by atoms with Gasteiger partial charge in [-0.05, 0) is 44.1 Å². The number of benzene rings is 1. The molecule has 0 spiro atoms. The molecule has 0 saturated carbocycles. The second kappa shape index (κ2) is 11.7. The van der Waals surface area contributed by atoms with Crippen LogP contribution in [0.15, 0.2) is 36.4 Å². The largest absolute Gasteiger partial charge is 0.505 e. The van der Waals surface area contributed by atoms with Crippen molar-refractivity contribution in [1.82, 2.24) is 0 Å². The Kier molecular flexibility index (Phi) is 9.71. The summed E-state index contributed by atoms with van der Waals surface area (Å²) in [6.07, 6.45) is 11.8. The van der Waals surface area contributed by atoms with Gasteiger partial charge in [0.05, 0.1) is 17.1 Å². The maximum absolute atomic E-state index is 12.3. The van der Waals surface area contributed by atoms with Crippen molar-refractivity contribution in [3.63, 3.8) is 0 Å². The summed E-state index contributed by atoms with van der Waals surface area (Å²) in [6, 6.07) is 3.34. The molecule has 1 aliphatic rings. The molecule has 0 saturated heterocycles. The summed E-state index contributed by atoms with van der Waals surface area (Å²) in [7, 11) is 0. The number of aromatic hydroxyl groups is 1. The van der Waals surface area contributed by atoms with Crippen molar-refractivity contribution in [3.8, 4) is 5.75 Å². The molecule has 1 unspecified atom stereocenters. The molecular formula is C22H32N4O2. The standard InChI is InChI=1S/C16H26N2O2.C6H6N2/c1-4-6-7-8-12(5-2)16(20)18-14-10-9-13(17)15(19)11(14)3;7-5-3-1-2-4-6(5)8/h9-10,12,19H,4-8,17H2,1-3H3,(H,18,20);1-4,7-8H. The maximum Gasteiger partial charge on any atom is 0.227 e. The van der Waals surface area contributed by atoms with Crippen molar-refractivity contribution >= 4 is 28.7 Å². The number of hydrogen-bond donors (Lipinski definition) is 5. The maximum atomic E-state index is 12.3. The molecule has 28 heavy (non-hydrogen) atoms. The highest BCUT2D eigenvalue weighted by Crippen LogP contribution is 2.31. The molecule has 6 nitrogen and oxygen atoms in total. The number of amides is 1. The van der Waals surface area contributed by atoms with Crippen LogP contribution in [0.2, 0.25) is 0 Å². The van der Waals surface area contributed by atoms with E-state index in [-0.39, 0.29) is 29.0 Å². The zero-order valence-corrected chi connectivity index (χ0v) is 17.0. The molecule has 1 aromatic rings. The number of carbonyl (C=O) groups is 1. The number of rotatable bonds is 7. The van der Waals surface area contributed by atoms with Crippen LogP contribution in [0.5, 0.6) is 5.75 Å². The van der Waals surface area contributed by atoms with Gasteiger partial charge in [-0.3, -0.25) is 15.6 Å². The minimum absolute atomic E-state index is 0.0240. The molecule has 152 valence electrons. The molecule has 6 N–H and O–H groups in total. The number of allylic oxidation sites excluding steroid dienone is 4. The number of phenolic OH excluding ortho intramolecular Hbond substituents is 1. The Balaban J connectivity index is 0.000000406. The minimum atomic E-state index is 0.0240. The molecule has 0 aromatic heterocycles. The second-order valence-corrected chi connectivity index (χ2v) is 6.81. The van der Waals surface area contributed by atoms with E-state index < -0.39 is 0 Å². The smallest absolute Gasteiger partial charge is 0.227 e. The van der Waals surface area contributed by atoms with Crippen LogP contribution in [0.25, 0.3) is 0 Å². The lowest BCUT2D eigenvalue weighted by atomic mass is 9.97. The minimum Gasteiger partial charge on any atom is -0.505 e. The Morgan fingerprint density at radius 3 is 2.25 bits per heavy atom. The highest BCUT2D eigenvalue weighted by molar-refractivity contribution is 6.48. The first kappa shape index (κ1) is 23.1. The number of anilines is 2. The first-order chi connectivity index (χ1) is 13.3. The molecule has 0 fully saturated rings. The van der Waals surface area contributed by atoms with Gasteiger partial charge in [0, 0.05) is 17.2 Å². The molecule has 1 aromatic carbocycles. The van der Waals surface area contributed by atoms with E-state index in [9.17, 15) is 9.90 Å². The van der Waals surface area contributed by atoms with E-state index >= 15 is 0 Å². The van der Waals surface area contributed by atoms with Gasteiger partial charge in [-0.15, -0.1) is 0 Å². The van der Waals surface area contributed by atoms with Crippen molar-refractivity contribution in [3.05, 3.63) is 42.0 Å². The van der Waals surface area contributed by atoms with Crippen molar-refractivity contribution in [2.75, 3.05) is 11.1 Å². The monoisotopic (exact) mass is 384 g/mol. The zero-order chi connectivity index (χ0) is 21.1. The average Bonchev–Trinajstić information content (AvgIpc) is 2.68. The van der Waals surface area contributed by atoms with E-state index in [0.717, 1.165) is 32.1 Å². The first-order valence-electron chi connectivity index (χ1n) is 9.72. The Morgan fingerprint density at radius 1 is 1.14 bits per heavy atom. The van der Waals surface area contributed by atoms with Gasteiger partial charge in [0.15, 0.2) is 0 Å². The summed E-state index contributed by atoms with van der Waals surface area (Å²) in [5.41, 5.74) is 7.77. The third kappa shape index (κ3) is 7.02. The summed E-state index contributed by atoms with van der Waals surface area (Å²) >= 11 is 0. The predicted octanol–water partition coefficient (Wildman–Crippen LogP) is 4.98. The molecule has 0 aliphatic heterocycles. The summed E-state index contributed by atoms with van der Waals surface area (Å²) in [5.74, 6) is 0.0957. The van der Waals surface area contributed by atoms with Crippen LogP contribution >= 0.6 is 0 Å². The van der Waals surface area contributed by atoms with Crippen LogP contribution in [0, 0.1) is 23.7 Å². The lowest BCUT2D eigenvalue weighted by Crippen LogP contribution is -2.22. The van der Waals surface area contributed by atoms with Gasteiger partial charge in [-0.1, -0.05) is 45.3 Å². The number of nitrogens with two attached hydrogens (primary N) is 1. The third-order valence-electron chi connectivity index (χ3n) is 4.67. The zero-order valence-electron chi connectivity index (χ0n) is 17.0. The molecule has 1 atom stereocenters. The van der Waals surface area contributed by atoms with Gasteiger partial charge in [0.25, 0.3) is 0 Å². The predicted molar refractivity (Wildman–Crippen MR) is 118 cm³/mol. The summed E-state index contributed by atoms with van der Waals surface area (Å²) < 4.78 is 0. The highest BCUT2D eigenvalue weighted by atomic mass is 16.3. The normalized spacial score (nSPS) is 13.7. The van der Waals surface area contributed by atoms with Crippen molar-refractivity contribution in [2.24, 2.45) is 5.92 Å². The van der Waals surface area contributed by atoms with Crippen LogP contribution in [0.1, 0.15) is 51.5 Å². The van der Waals surface area contributed by atoms with E-state index in [0.29, 0.717) is 16.9 Å². The molecule has 0 radical (unpaired) electrons. The second-order valence-electron chi connectivity index (χ2n) is 6.81. The van der Waals surface area contributed by atoms with Crippen molar-refractivity contribution in [1.29, 1.82) is 10.8 Å². The molecule has 2 rings (SSSR count). The summed E-state index contributed by atoms with van der Waals surface area (Å²) in [6.45, 7) is 5.93. The van der Waals surface area contributed by atoms with E-state index in [4.69, 9.17) is 16.6 Å². The van der Waals surface area contributed by atoms with Gasteiger partial charge >= 0.3 is 0 Å². The quantitative estimate of drug-likeness (QED) is 0.197. The summed E-state index contributed by atoms with van der Waals surface area (Å²) in [5, 5.41) is 26.8. The fourth-order valence-electron chi connectivity index (χ4n) is 2.74. The van der Waals surface area contributed by atoms with Crippen LogP contribution in [0.4, 0.5) is 11.4 Å². The molecule has 6 heteroatoms. The van der Waals surface area contributed by atoms with Gasteiger partial charge in [-0.2, -0.15) is 0 Å². The van der Waals surface area contributed by atoms with Crippen LogP contribution in [0.3, 0.4) is 0 Å². The number of hydrogen-bond acceptors (Lipinski definition) is 5. The average molecular weight is 385 g/mol. The molecule has 0 bridgehead atoms. The van der Waals surface area contributed by atoms with Gasteiger partial charge in [0.2, 0.25) is 5.91 Å². The van der Waals surface area contributed by atoms with Gasteiger partial charge in [0.1, 0.15) is 5.75 Å². The number of carbonyl (C=O) groups excluding carboxylic acids is 1. The van der Waals surface area contributed by atoms with Crippen LogP contribution < -0.4 is 11.1 Å². The molecule has 1 aliphatic carbocycles. The topological polar surface area (TPSA) is 123 Å². The number of nitrogens with one attached hydrogen (secondary N) is 3.